The molecule has 1 aliphatic heterocycles. The van der Waals surface area contributed by atoms with Gasteiger partial charge in [0.1, 0.15) is 0 Å². The Morgan fingerprint density at radius 3 is 2.44 bits per heavy atom. The van der Waals surface area contributed by atoms with Gasteiger partial charge in [0.15, 0.2) is 0 Å². The van der Waals surface area contributed by atoms with E-state index in [1.165, 1.54) is 12.1 Å². The van der Waals surface area contributed by atoms with Gasteiger partial charge in [-0.15, -0.1) is 0 Å². The molecule has 32 heavy (non-hydrogen) atoms. The molecule has 1 aliphatic rings. The normalized spacial score (nSPS) is 12.8. The number of amides is 3. The van der Waals surface area contributed by atoms with E-state index in [1.807, 2.05) is 13.8 Å². The fraction of sp³-hybridized carbons (Fsp3) is 0.409. The minimum atomic E-state index is -0.417. The van der Waals surface area contributed by atoms with Crippen molar-refractivity contribution in [3.8, 4) is 0 Å². The van der Waals surface area contributed by atoms with Crippen molar-refractivity contribution in [2.75, 3.05) is 25.0 Å². The molecule has 10 heteroatoms. The van der Waals surface area contributed by atoms with Crippen molar-refractivity contribution in [2.45, 2.75) is 39.7 Å². The molecule has 170 valence electrons. The summed E-state index contributed by atoms with van der Waals surface area (Å²) < 4.78 is 0. The van der Waals surface area contributed by atoms with Gasteiger partial charge in [0.25, 0.3) is 5.91 Å². The summed E-state index contributed by atoms with van der Waals surface area (Å²) in [6.45, 7) is 6.00. The fourth-order valence-corrected chi connectivity index (χ4v) is 4.08. The van der Waals surface area contributed by atoms with Crippen LogP contribution in [-0.2, 0) is 22.6 Å². The Morgan fingerprint density at radius 1 is 1.09 bits per heavy atom. The zero-order valence-corrected chi connectivity index (χ0v) is 19.5. The first-order valence-corrected chi connectivity index (χ1v) is 11.2. The highest BCUT2D eigenvalue weighted by atomic mass is 35.5. The fourth-order valence-electron chi connectivity index (χ4n) is 3.55. The van der Waals surface area contributed by atoms with Gasteiger partial charge < -0.3 is 9.80 Å². The number of hydrogen-bond acceptors (Lipinski definition) is 5. The number of carbonyl (C=O) groups excluding carboxylic acids is 3. The first kappa shape index (κ1) is 23.9. The third kappa shape index (κ3) is 5.95. The minimum absolute atomic E-state index is 0.00883. The van der Waals surface area contributed by atoms with E-state index in [1.54, 1.807) is 22.1 Å². The SMILES string of the molecule is CCN(CC)C(=O)CCC(=O)N1CCc2nc(NC(=O)c3cc(Cl)cc(Cl)c3)ncc2C1. The lowest BCUT2D eigenvalue weighted by atomic mass is 10.1. The van der Waals surface area contributed by atoms with Crippen LogP contribution in [-0.4, -0.2) is 57.1 Å². The summed E-state index contributed by atoms with van der Waals surface area (Å²) in [5.74, 6) is -0.314. The molecule has 0 aliphatic carbocycles. The van der Waals surface area contributed by atoms with Crippen LogP contribution in [0.25, 0.3) is 0 Å². The molecule has 0 bridgehead atoms. The molecule has 3 amide bonds. The van der Waals surface area contributed by atoms with Gasteiger partial charge in [-0.2, -0.15) is 0 Å². The van der Waals surface area contributed by atoms with Crippen LogP contribution in [0.4, 0.5) is 5.95 Å². The molecule has 2 aromatic rings. The zero-order valence-electron chi connectivity index (χ0n) is 18.0. The van der Waals surface area contributed by atoms with Crippen LogP contribution < -0.4 is 5.32 Å². The van der Waals surface area contributed by atoms with Crippen LogP contribution in [0.1, 0.15) is 48.3 Å². The molecule has 0 radical (unpaired) electrons. The Bertz CT molecular complexity index is 1010. The summed E-state index contributed by atoms with van der Waals surface area (Å²) in [5.41, 5.74) is 1.91. The number of aromatic nitrogens is 2. The maximum absolute atomic E-state index is 12.6. The zero-order chi connectivity index (χ0) is 23.3. The third-order valence-corrected chi connectivity index (χ3v) is 5.74. The Labute approximate surface area is 196 Å². The van der Waals surface area contributed by atoms with Crippen molar-refractivity contribution in [3.05, 3.63) is 51.3 Å². The monoisotopic (exact) mass is 477 g/mol. The van der Waals surface area contributed by atoms with E-state index in [0.29, 0.717) is 48.2 Å². The summed E-state index contributed by atoms with van der Waals surface area (Å²) in [7, 11) is 0. The molecule has 0 saturated carbocycles. The molecule has 1 N–H and O–H groups in total. The number of hydrogen-bond donors (Lipinski definition) is 1. The molecular formula is C22H25Cl2N5O3. The summed E-state index contributed by atoms with van der Waals surface area (Å²) in [4.78, 5) is 49.2. The number of carbonyl (C=O) groups is 3. The molecule has 0 saturated heterocycles. The molecule has 1 aromatic heterocycles. The van der Waals surface area contributed by atoms with Crippen molar-refractivity contribution in [1.29, 1.82) is 0 Å². The minimum Gasteiger partial charge on any atom is -0.343 e. The predicted octanol–water partition coefficient (Wildman–Crippen LogP) is 3.57. The number of benzene rings is 1. The highest BCUT2D eigenvalue weighted by molar-refractivity contribution is 6.35. The summed E-state index contributed by atoms with van der Waals surface area (Å²) in [5, 5.41) is 3.37. The lowest BCUT2D eigenvalue weighted by molar-refractivity contribution is -0.137. The number of fused-ring (bicyclic) bond motifs is 1. The molecule has 2 heterocycles. The second-order valence-corrected chi connectivity index (χ2v) is 8.28. The Morgan fingerprint density at radius 2 is 1.78 bits per heavy atom. The van der Waals surface area contributed by atoms with Crippen molar-refractivity contribution in [2.24, 2.45) is 0 Å². The average molecular weight is 478 g/mol. The molecule has 3 rings (SSSR count). The summed E-state index contributed by atoms with van der Waals surface area (Å²) in [6, 6.07) is 4.56. The Balaban J connectivity index is 1.59. The maximum Gasteiger partial charge on any atom is 0.258 e. The molecule has 8 nitrogen and oxygen atoms in total. The van der Waals surface area contributed by atoms with Crippen LogP contribution in [0.2, 0.25) is 10.0 Å². The van der Waals surface area contributed by atoms with Gasteiger partial charge >= 0.3 is 0 Å². The van der Waals surface area contributed by atoms with E-state index < -0.39 is 5.91 Å². The topological polar surface area (TPSA) is 95.5 Å². The van der Waals surface area contributed by atoms with Gasteiger partial charge in [-0.3, -0.25) is 19.7 Å². The van der Waals surface area contributed by atoms with Gasteiger partial charge in [-0.05, 0) is 32.0 Å². The first-order valence-electron chi connectivity index (χ1n) is 10.5. The number of rotatable bonds is 7. The smallest absolute Gasteiger partial charge is 0.258 e. The van der Waals surface area contributed by atoms with E-state index in [0.717, 1.165) is 11.3 Å². The van der Waals surface area contributed by atoms with Crippen molar-refractivity contribution < 1.29 is 14.4 Å². The molecule has 0 fully saturated rings. The molecular weight excluding hydrogens is 453 g/mol. The Kier molecular flexibility index (Phi) is 8.04. The number of anilines is 1. The predicted molar refractivity (Wildman–Crippen MR) is 123 cm³/mol. The number of nitrogens with zero attached hydrogens (tertiary/aromatic N) is 4. The van der Waals surface area contributed by atoms with Gasteiger partial charge in [0, 0.05) is 72.8 Å². The quantitative estimate of drug-likeness (QED) is 0.657. The van der Waals surface area contributed by atoms with Gasteiger partial charge in [0.05, 0.1) is 5.69 Å². The maximum atomic E-state index is 12.6. The Hall–Kier alpha value is -2.71. The first-order chi connectivity index (χ1) is 15.3. The lowest BCUT2D eigenvalue weighted by Crippen LogP contribution is -2.37. The van der Waals surface area contributed by atoms with E-state index >= 15 is 0 Å². The largest absolute Gasteiger partial charge is 0.343 e. The van der Waals surface area contributed by atoms with E-state index in [4.69, 9.17) is 23.2 Å². The average Bonchev–Trinajstić information content (AvgIpc) is 2.77. The van der Waals surface area contributed by atoms with Crippen molar-refractivity contribution in [1.82, 2.24) is 19.8 Å². The lowest BCUT2D eigenvalue weighted by Gasteiger charge is -2.28. The molecule has 1 aromatic carbocycles. The highest BCUT2D eigenvalue weighted by Gasteiger charge is 2.23. The van der Waals surface area contributed by atoms with Crippen LogP contribution in [0.5, 0.6) is 0 Å². The van der Waals surface area contributed by atoms with Gasteiger partial charge in [-0.25, -0.2) is 9.97 Å². The van der Waals surface area contributed by atoms with Gasteiger partial charge in [-0.1, -0.05) is 23.2 Å². The standard InChI is InChI=1S/C22H25Cl2N5O3/c1-3-28(4-2)19(30)5-6-20(31)29-8-7-18-15(13-29)12-25-22(26-18)27-21(32)14-9-16(23)11-17(24)10-14/h9-12H,3-8,13H2,1-2H3,(H,25,26,27,32). The van der Waals surface area contributed by atoms with E-state index in [9.17, 15) is 14.4 Å². The van der Waals surface area contributed by atoms with Crippen molar-refractivity contribution >= 4 is 46.9 Å². The van der Waals surface area contributed by atoms with Crippen LogP contribution in [0.3, 0.4) is 0 Å². The number of nitrogens with one attached hydrogen (secondary N) is 1. The van der Waals surface area contributed by atoms with E-state index in [-0.39, 0.29) is 30.6 Å². The highest BCUT2D eigenvalue weighted by Crippen LogP contribution is 2.21. The van der Waals surface area contributed by atoms with Crippen molar-refractivity contribution in [3.63, 3.8) is 0 Å². The van der Waals surface area contributed by atoms with E-state index in [2.05, 4.69) is 15.3 Å². The van der Waals surface area contributed by atoms with Gasteiger partial charge in [0.2, 0.25) is 17.8 Å². The summed E-state index contributed by atoms with van der Waals surface area (Å²) in [6.07, 6.45) is 2.55. The molecule has 0 spiro atoms. The molecule has 0 atom stereocenters. The van der Waals surface area contributed by atoms with Crippen LogP contribution in [0.15, 0.2) is 24.4 Å². The van der Waals surface area contributed by atoms with Crippen LogP contribution in [0, 0.1) is 0 Å². The second-order valence-electron chi connectivity index (χ2n) is 7.41. The van der Waals surface area contributed by atoms with Crippen LogP contribution >= 0.6 is 23.2 Å². The molecule has 0 unspecified atom stereocenters. The third-order valence-electron chi connectivity index (χ3n) is 5.31. The number of halogens is 2. The second kappa shape index (κ2) is 10.7. The summed E-state index contributed by atoms with van der Waals surface area (Å²) >= 11 is 11.9.